The van der Waals surface area contributed by atoms with Crippen molar-refractivity contribution in [3.8, 4) is 0 Å². The Morgan fingerprint density at radius 3 is 2.37 bits per heavy atom. The van der Waals surface area contributed by atoms with Crippen LogP contribution >= 0.6 is 11.6 Å². The van der Waals surface area contributed by atoms with Gasteiger partial charge < -0.3 is 5.32 Å². The number of hydrogen-bond donors (Lipinski definition) is 1. The summed E-state index contributed by atoms with van der Waals surface area (Å²) in [6.45, 7) is 1.90. The highest BCUT2D eigenvalue weighted by molar-refractivity contribution is 7.90. The van der Waals surface area contributed by atoms with Crippen molar-refractivity contribution in [1.82, 2.24) is 4.98 Å². The Bertz CT molecular complexity index is 1030. The Hall–Kier alpha value is -2.70. The Morgan fingerprint density at radius 1 is 1.04 bits per heavy atom. The molecule has 0 aliphatic carbocycles. The van der Waals surface area contributed by atoms with Gasteiger partial charge in [-0.25, -0.2) is 4.98 Å². The van der Waals surface area contributed by atoms with Crippen molar-refractivity contribution in [3.63, 3.8) is 0 Å². The van der Waals surface area contributed by atoms with Crippen molar-refractivity contribution in [3.05, 3.63) is 89.1 Å². The van der Waals surface area contributed by atoms with E-state index in [1.165, 1.54) is 6.20 Å². The van der Waals surface area contributed by atoms with E-state index in [4.69, 9.17) is 11.6 Å². The van der Waals surface area contributed by atoms with Gasteiger partial charge in [0.1, 0.15) is 11.7 Å². The van der Waals surface area contributed by atoms with Gasteiger partial charge in [-0.3, -0.25) is 0 Å². The number of sulfonamides is 1. The Balaban J connectivity index is 1.95. The first-order chi connectivity index (χ1) is 12.9. The molecule has 1 heterocycles. The highest BCUT2D eigenvalue weighted by Crippen LogP contribution is 2.16. The lowest BCUT2D eigenvalue weighted by Crippen LogP contribution is -2.18. The number of nitrogens with one attached hydrogen (secondary N) is 1. The number of halogens is 1. The molecule has 0 aliphatic rings. The average molecular weight is 400 g/mol. The van der Waals surface area contributed by atoms with Crippen LogP contribution in [0.2, 0.25) is 5.02 Å². The second-order valence-electron chi connectivity index (χ2n) is 5.98. The van der Waals surface area contributed by atoms with Gasteiger partial charge in [-0.15, -0.1) is 4.40 Å². The van der Waals surface area contributed by atoms with Crippen LogP contribution in [-0.4, -0.2) is 19.2 Å². The van der Waals surface area contributed by atoms with Crippen LogP contribution in [0.4, 0.5) is 5.82 Å². The molecule has 0 unspecified atom stereocenters. The Morgan fingerprint density at radius 2 is 1.74 bits per heavy atom. The molecule has 5 nitrogen and oxygen atoms in total. The largest absolute Gasteiger partial charge is 0.327 e. The molecule has 0 fully saturated rings. The molecule has 0 atom stereocenters. The molecule has 0 aliphatic heterocycles. The normalized spacial score (nSPS) is 12.0. The topological polar surface area (TPSA) is 71.4 Å². The lowest BCUT2D eigenvalue weighted by Gasteiger charge is -2.10. The fourth-order valence-corrected chi connectivity index (χ4v) is 3.49. The summed E-state index contributed by atoms with van der Waals surface area (Å²) in [7, 11) is -3.85. The van der Waals surface area contributed by atoms with Gasteiger partial charge in [0.2, 0.25) is 0 Å². The van der Waals surface area contributed by atoms with Gasteiger partial charge in [0.15, 0.2) is 0 Å². The lowest BCUT2D eigenvalue weighted by atomic mass is 10.1. The maximum Gasteiger partial charge on any atom is 0.283 e. The molecule has 138 valence electrons. The van der Waals surface area contributed by atoms with E-state index in [2.05, 4.69) is 14.7 Å². The summed E-state index contributed by atoms with van der Waals surface area (Å²) in [5.41, 5.74) is 1.91. The van der Waals surface area contributed by atoms with E-state index in [1.54, 1.807) is 36.4 Å². The number of benzene rings is 2. The molecule has 0 bridgehead atoms. The predicted octanol–water partition coefficient (Wildman–Crippen LogP) is 4.49. The average Bonchev–Trinajstić information content (AvgIpc) is 2.64. The minimum Gasteiger partial charge on any atom is -0.327 e. The minimum absolute atomic E-state index is 0.143. The molecular weight excluding hydrogens is 382 g/mol. The molecular formula is C20H18ClN3O2S. The monoisotopic (exact) mass is 399 g/mol. The molecule has 0 saturated heterocycles. The lowest BCUT2D eigenvalue weighted by molar-refractivity contribution is 0.598. The first-order valence-corrected chi connectivity index (χ1v) is 10.1. The second kappa shape index (κ2) is 8.33. The van der Waals surface area contributed by atoms with Crippen molar-refractivity contribution in [2.45, 2.75) is 18.2 Å². The van der Waals surface area contributed by atoms with Crippen molar-refractivity contribution >= 4 is 33.3 Å². The van der Waals surface area contributed by atoms with Gasteiger partial charge in [-0.05, 0) is 36.8 Å². The van der Waals surface area contributed by atoms with E-state index in [0.29, 0.717) is 17.3 Å². The standard InChI is InChI=1S/C20H18ClN3O2S/c1-15-7-10-18(11-8-15)27(25,26)24-20(13-16-5-3-2-4-6-16)23-19-12-9-17(21)14-22-19/h2-12,14H,13H2,1H3,(H,22,23,24). The van der Waals surface area contributed by atoms with Gasteiger partial charge >= 0.3 is 0 Å². The highest BCUT2D eigenvalue weighted by Gasteiger charge is 2.15. The number of aromatic nitrogens is 1. The summed E-state index contributed by atoms with van der Waals surface area (Å²) in [6.07, 6.45) is 1.80. The number of hydrogen-bond acceptors (Lipinski definition) is 3. The van der Waals surface area contributed by atoms with Crippen LogP contribution in [0.5, 0.6) is 0 Å². The number of nitrogens with zero attached hydrogens (tertiary/aromatic N) is 2. The zero-order chi connectivity index (χ0) is 19.3. The number of pyridine rings is 1. The summed E-state index contributed by atoms with van der Waals surface area (Å²) in [6, 6.07) is 19.4. The summed E-state index contributed by atoms with van der Waals surface area (Å²) in [5.74, 6) is 0.741. The predicted molar refractivity (Wildman–Crippen MR) is 109 cm³/mol. The third kappa shape index (κ3) is 5.39. The fourth-order valence-electron chi connectivity index (χ4n) is 2.39. The maximum absolute atomic E-state index is 12.7. The van der Waals surface area contributed by atoms with Crippen LogP contribution in [0.25, 0.3) is 0 Å². The minimum atomic E-state index is -3.85. The molecule has 3 aromatic rings. The summed E-state index contributed by atoms with van der Waals surface area (Å²) in [4.78, 5) is 4.30. The third-order valence-corrected chi connectivity index (χ3v) is 5.32. The molecule has 3 rings (SSSR count). The van der Waals surface area contributed by atoms with Crippen molar-refractivity contribution in [2.75, 3.05) is 5.32 Å². The van der Waals surface area contributed by atoms with E-state index in [0.717, 1.165) is 11.1 Å². The number of rotatable bonds is 5. The molecule has 0 spiro atoms. The van der Waals surface area contributed by atoms with Crippen molar-refractivity contribution in [1.29, 1.82) is 0 Å². The number of anilines is 1. The van der Waals surface area contributed by atoms with Gasteiger partial charge in [0.25, 0.3) is 10.0 Å². The first-order valence-electron chi connectivity index (χ1n) is 8.25. The smallest absolute Gasteiger partial charge is 0.283 e. The second-order valence-corrected chi connectivity index (χ2v) is 8.02. The summed E-state index contributed by atoms with van der Waals surface area (Å²) < 4.78 is 29.5. The Kier molecular flexibility index (Phi) is 5.88. The van der Waals surface area contributed by atoms with Crippen LogP contribution in [-0.2, 0) is 16.4 Å². The fraction of sp³-hybridized carbons (Fsp3) is 0.100. The van der Waals surface area contributed by atoms with E-state index < -0.39 is 10.0 Å². The SMILES string of the molecule is Cc1ccc(S(=O)(=O)N=C(Cc2ccccc2)Nc2ccc(Cl)cn2)cc1. The molecule has 1 N–H and O–H groups in total. The summed E-state index contributed by atoms with van der Waals surface area (Å²) in [5, 5.41) is 3.49. The maximum atomic E-state index is 12.7. The van der Waals surface area contributed by atoms with Crippen molar-refractivity contribution in [2.24, 2.45) is 4.40 Å². The zero-order valence-electron chi connectivity index (χ0n) is 14.6. The number of amidine groups is 1. The number of aryl methyl sites for hydroxylation is 1. The van der Waals surface area contributed by atoms with Gasteiger partial charge in [0, 0.05) is 12.6 Å². The van der Waals surface area contributed by atoms with Crippen LogP contribution in [0.3, 0.4) is 0 Å². The van der Waals surface area contributed by atoms with Gasteiger partial charge in [-0.1, -0.05) is 59.6 Å². The third-order valence-electron chi connectivity index (χ3n) is 3.76. The van der Waals surface area contributed by atoms with E-state index in [1.807, 2.05) is 37.3 Å². The van der Waals surface area contributed by atoms with E-state index in [-0.39, 0.29) is 10.7 Å². The van der Waals surface area contributed by atoms with E-state index >= 15 is 0 Å². The molecule has 0 radical (unpaired) electrons. The van der Waals surface area contributed by atoms with Crippen LogP contribution in [0, 0.1) is 6.92 Å². The first kappa shape index (κ1) is 19.1. The summed E-state index contributed by atoms with van der Waals surface area (Å²) >= 11 is 5.86. The molecule has 27 heavy (non-hydrogen) atoms. The van der Waals surface area contributed by atoms with Crippen LogP contribution in [0.1, 0.15) is 11.1 Å². The molecule has 0 amide bonds. The van der Waals surface area contributed by atoms with Gasteiger partial charge in [-0.2, -0.15) is 8.42 Å². The zero-order valence-corrected chi connectivity index (χ0v) is 16.2. The molecule has 2 aromatic carbocycles. The van der Waals surface area contributed by atoms with Crippen molar-refractivity contribution < 1.29 is 8.42 Å². The quantitative estimate of drug-likeness (QED) is 0.507. The van der Waals surface area contributed by atoms with Gasteiger partial charge in [0.05, 0.1) is 9.92 Å². The molecule has 7 heteroatoms. The molecule has 0 saturated carbocycles. The highest BCUT2D eigenvalue weighted by atomic mass is 35.5. The van der Waals surface area contributed by atoms with Crippen LogP contribution < -0.4 is 5.32 Å². The van der Waals surface area contributed by atoms with Crippen LogP contribution in [0.15, 0.2) is 82.2 Å². The Labute approximate surface area is 163 Å². The van der Waals surface area contributed by atoms with E-state index in [9.17, 15) is 8.42 Å². The molecule has 1 aromatic heterocycles.